The quantitative estimate of drug-likeness (QED) is 0.487. The largest absolute Gasteiger partial charge is 0.466 e. The van der Waals surface area contributed by atoms with E-state index in [0.29, 0.717) is 0 Å². The van der Waals surface area contributed by atoms with Crippen LogP contribution in [0.5, 0.6) is 0 Å². The first-order chi connectivity index (χ1) is 14.5. The SMILES string of the molecule is COC(=O)/C=C(\C(=O)OC)N1C=Cc2ccccc2C1n1cc(C)c2ccccc21. The minimum absolute atomic E-state index is 0.0931. The fourth-order valence-electron chi connectivity index (χ4n) is 3.88. The highest BCUT2D eigenvalue weighted by Gasteiger charge is 2.32. The Bertz CT molecular complexity index is 1190. The van der Waals surface area contributed by atoms with Gasteiger partial charge >= 0.3 is 11.9 Å². The maximum atomic E-state index is 12.6. The Labute approximate surface area is 174 Å². The summed E-state index contributed by atoms with van der Waals surface area (Å²) in [7, 11) is 2.56. The molecule has 3 aromatic rings. The first kappa shape index (κ1) is 19.5. The van der Waals surface area contributed by atoms with Crippen LogP contribution in [-0.4, -0.2) is 35.6 Å². The summed E-state index contributed by atoms with van der Waals surface area (Å²) in [4.78, 5) is 26.4. The molecule has 0 bridgehead atoms. The van der Waals surface area contributed by atoms with E-state index in [1.165, 1.54) is 14.2 Å². The van der Waals surface area contributed by atoms with Gasteiger partial charge in [-0.2, -0.15) is 0 Å². The molecule has 0 N–H and O–H groups in total. The maximum Gasteiger partial charge on any atom is 0.355 e. The number of nitrogens with zero attached hydrogens (tertiary/aromatic N) is 2. The number of hydrogen-bond acceptors (Lipinski definition) is 5. The van der Waals surface area contributed by atoms with Crippen molar-refractivity contribution in [1.82, 2.24) is 9.47 Å². The highest BCUT2D eigenvalue weighted by atomic mass is 16.5. The van der Waals surface area contributed by atoms with Crippen molar-refractivity contribution in [2.75, 3.05) is 14.2 Å². The fraction of sp³-hybridized carbons (Fsp3) is 0.167. The number of aryl methyl sites for hydroxylation is 1. The van der Waals surface area contributed by atoms with E-state index in [2.05, 4.69) is 23.8 Å². The van der Waals surface area contributed by atoms with Gasteiger partial charge in [0.15, 0.2) is 0 Å². The highest BCUT2D eigenvalue weighted by Crippen LogP contribution is 2.37. The van der Waals surface area contributed by atoms with Crippen LogP contribution in [0.3, 0.4) is 0 Å². The Hall–Kier alpha value is -3.80. The van der Waals surface area contributed by atoms with Gasteiger partial charge in [-0.3, -0.25) is 0 Å². The van der Waals surface area contributed by atoms with Crippen molar-refractivity contribution >= 4 is 28.9 Å². The van der Waals surface area contributed by atoms with Crippen molar-refractivity contribution in [3.8, 4) is 0 Å². The highest BCUT2D eigenvalue weighted by molar-refractivity contribution is 5.96. The summed E-state index contributed by atoms with van der Waals surface area (Å²) in [5, 5.41) is 1.13. The van der Waals surface area contributed by atoms with E-state index in [9.17, 15) is 9.59 Å². The molecule has 1 unspecified atom stereocenters. The van der Waals surface area contributed by atoms with Crippen molar-refractivity contribution in [3.05, 3.63) is 89.4 Å². The Morgan fingerprint density at radius 3 is 2.50 bits per heavy atom. The molecule has 0 aliphatic carbocycles. The second-order valence-corrected chi connectivity index (χ2v) is 7.01. The molecule has 1 aliphatic rings. The normalized spacial score (nSPS) is 15.8. The van der Waals surface area contributed by atoms with Gasteiger partial charge in [0.1, 0.15) is 11.9 Å². The number of ether oxygens (including phenoxy) is 2. The molecule has 6 heteroatoms. The molecule has 0 radical (unpaired) electrons. The van der Waals surface area contributed by atoms with E-state index in [0.717, 1.165) is 33.7 Å². The smallest absolute Gasteiger partial charge is 0.355 e. The predicted octanol–water partition coefficient (Wildman–Crippen LogP) is 4.01. The molecule has 0 saturated carbocycles. The van der Waals surface area contributed by atoms with Crippen LogP contribution in [-0.2, 0) is 19.1 Å². The standard InChI is InChI=1S/C24H22N2O4/c1-16-15-26(20-11-7-6-9-18(16)20)23-19-10-5-4-8-17(19)12-13-25(23)21(24(28)30-3)14-22(27)29-2/h4-15,23H,1-3H3/b21-14+. The first-order valence-corrected chi connectivity index (χ1v) is 9.54. The summed E-state index contributed by atoms with van der Waals surface area (Å²) in [6.07, 6.45) is 6.54. The van der Waals surface area contributed by atoms with E-state index >= 15 is 0 Å². The van der Waals surface area contributed by atoms with Crippen LogP contribution in [0.4, 0.5) is 0 Å². The molecule has 0 saturated heterocycles. The van der Waals surface area contributed by atoms with Gasteiger partial charge in [-0.25, -0.2) is 9.59 Å². The predicted molar refractivity (Wildman–Crippen MR) is 114 cm³/mol. The maximum absolute atomic E-state index is 12.6. The molecule has 4 rings (SSSR count). The molecule has 1 aromatic heterocycles. The number of fused-ring (bicyclic) bond motifs is 2. The first-order valence-electron chi connectivity index (χ1n) is 9.54. The van der Waals surface area contributed by atoms with E-state index < -0.39 is 11.9 Å². The molecule has 1 atom stereocenters. The Kier molecular flexibility index (Phi) is 5.14. The molecule has 0 fully saturated rings. The van der Waals surface area contributed by atoms with Crippen LogP contribution >= 0.6 is 0 Å². The molecule has 30 heavy (non-hydrogen) atoms. The molecular formula is C24H22N2O4. The molecule has 0 amide bonds. The lowest BCUT2D eigenvalue weighted by molar-refractivity contribution is -0.140. The Morgan fingerprint density at radius 1 is 1.00 bits per heavy atom. The summed E-state index contributed by atoms with van der Waals surface area (Å²) in [6, 6.07) is 16.1. The molecule has 152 valence electrons. The van der Waals surface area contributed by atoms with Crippen molar-refractivity contribution in [2.24, 2.45) is 0 Å². The molecule has 0 spiro atoms. The molecule has 2 aromatic carbocycles. The van der Waals surface area contributed by atoms with E-state index in [4.69, 9.17) is 9.47 Å². The molecular weight excluding hydrogens is 380 g/mol. The van der Waals surface area contributed by atoms with Crippen LogP contribution in [0, 0.1) is 6.92 Å². The topological polar surface area (TPSA) is 60.8 Å². The van der Waals surface area contributed by atoms with Crippen LogP contribution in [0.25, 0.3) is 17.0 Å². The number of carbonyl (C=O) groups is 2. The monoisotopic (exact) mass is 402 g/mol. The number of methoxy groups -OCH3 is 2. The second-order valence-electron chi connectivity index (χ2n) is 7.01. The zero-order chi connectivity index (χ0) is 21.3. The summed E-state index contributed by atoms with van der Waals surface area (Å²) in [5.41, 5.74) is 4.28. The average Bonchev–Trinajstić information content (AvgIpc) is 3.12. The lowest BCUT2D eigenvalue weighted by Crippen LogP contribution is -2.34. The van der Waals surface area contributed by atoms with Gasteiger partial charge in [0, 0.05) is 23.3 Å². The van der Waals surface area contributed by atoms with Crippen molar-refractivity contribution < 1.29 is 19.1 Å². The number of carbonyl (C=O) groups excluding carboxylic acids is 2. The number of aromatic nitrogens is 1. The van der Waals surface area contributed by atoms with Gasteiger partial charge in [-0.05, 0) is 30.2 Å². The van der Waals surface area contributed by atoms with Gasteiger partial charge in [-0.15, -0.1) is 0 Å². The van der Waals surface area contributed by atoms with Gasteiger partial charge in [0.2, 0.25) is 0 Å². The number of benzene rings is 2. The fourth-order valence-corrected chi connectivity index (χ4v) is 3.88. The lowest BCUT2D eigenvalue weighted by atomic mass is 10.00. The van der Waals surface area contributed by atoms with E-state index in [1.54, 1.807) is 11.1 Å². The van der Waals surface area contributed by atoms with Gasteiger partial charge in [0.25, 0.3) is 0 Å². The zero-order valence-corrected chi connectivity index (χ0v) is 17.0. The van der Waals surface area contributed by atoms with Gasteiger partial charge in [0.05, 0.1) is 25.8 Å². The molecule has 6 nitrogen and oxygen atoms in total. The van der Waals surface area contributed by atoms with Crippen LogP contribution in [0.15, 0.2) is 72.7 Å². The number of para-hydroxylation sites is 1. The Morgan fingerprint density at radius 2 is 1.73 bits per heavy atom. The third-order valence-electron chi connectivity index (χ3n) is 5.28. The van der Waals surface area contributed by atoms with Crippen LogP contribution in [0.1, 0.15) is 22.9 Å². The average molecular weight is 402 g/mol. The molecule has 1 aliphatic heterocycles. The van der Waals surface area contributed by atoms with Crippen molar-refractivity contribution in [1.29, 1.82) is 0 Å². The lowest BCUT2D eigenvalue weighted by Gasteiger charge is -2.36. The number of rotatable bonds is 4. The Balaban J connectivity index is 1.97. The van der Waals surface area contributed by atoms with Crippen molar-refractivity contribution in [3.63, 3.8) is 0 Å². The second kappa shape index (κ2) is 7.91. The van der Waals surface area contributed by atoms with Gasteiger partial charge < -0.3 is 18.9 Å². The summed E-state index contributed by atoms with van der Waals surface area (Å²) in [5.74, 6) is -1.25. The number of hydrogen-bond donors (Lipinski definition) is 0. The van der Waals surface area contributed by atoms with Crippen molar-refractivity contribution in [2.45, 2.75) is 13.1 Å². The van der Waals surface area contributed by atoms with E-state index in [1.807, 2.05) is 48.5 Å². The summed E-state index contributed by atoms with van der Waals surface area (Å²) in [6.45, 7) is 2.05. The molecule has 2 heterocycles. The zero-order valence-electron chi connectivity index (χ0n) is 17.0. The third kappa shape index (κ3) is 3.26. The van der Waals surface area contributed by atoms with Crippen LogP contribution < -0.4 is 0 Å². The summed E-state index contributed by atoms with van der Waals surface area (Å²) < 4.78 is 11.9. The minimum atomic E-state index is -0.630. The van der Waals surface area contributed by atoms with Gasteiger partial charge in [-0.1, -0.05) is 42.5 Å². The minimum Gasteiger partial charge on any atom is -0.466 e. The number of esters is 2. The van der Waals surface area contributed by atoms with E-state index in [-0.39, 0.29) is 11.9 Å². The van der Waals surface area contributed by atoms with Crippen LogP contribution in [0.2, 0.25) is 0 Å². The third-order valence-corrected chi connectivity index (χ3v) is 5.28. The summed E-state index contributed by atoms with van der Waals surface area (Å²) >= 11 is 0.